The van der Waals surface area contributed by atoms with Crippen LogP contribution < -0.4 is 5.73 Å². The molecule has 84 valence electrons. The molecule has 0 atom stereocenters. The molecule has 0 aromatic heterocycles. The van der Waals surface area contributed by atoms with Gasteiger partial charge in [-0.25, -0.2) is 0 Å². The van der Waals surface area contributed by atoms with E-state index in [1.165, 1.54) is 0 Å². The van der Waals surface area contributed by atoms with Crippen molar-refractivity contribution in [3.05, 3.63) is 0 Å². The zero-order chi connectivity index (χ0) is 11.8. The Bertz CT molecular complexity index is 275. The first-order valence-corrected chi connectivity index (χ1v) is 5.38. The number of primary amides is 1. The molecule has 1 amide bonds. The molecule has 0 bridgehead atoms. The monoisotopic (exact) mass is 227 g/mol. The van der Waals surface area contributed by atoms with Crippen LogP contribution in [0.1, 0.15) is 13.3 Å². The highest BCUT2D eigenvalue weighted by Crippen LogP contribution is 1.82. The van der Waals surface area contributed by atoms with Crippen molar-refractivity contribution in [2.75, 3.05) is 12.9 Å². The Kier molecular flexibility index (Phi) is 7.96. The smallest absolute Gasteiger partial charge is 0.315 e. The second-order valence-electron chi connectivity index (χ2n) is 2.18. The van der Waals surface area contributed by atoms with E-state index in [0.717, 1.165) is 0 Å². The van der Waals surface area contributed by atoms with Gasteiger partial charge in [-0.3, -0.25) is 14.1 Å². The number of esters is 1. The van der Waals surface area contributed by atoms with Crippen LogP contribution in [0.5, 0.6) is 0 Å². The third kappa shape index (κ3) is 30.8. The minimum Gasteiger partial charge on any atom is -0.466 e. The maximum absolute atomic E-state index is 10.3. The van der Waals surface area contributed by atoms with E-state index in [2.05, 4.69) is 10.5 Å². The van der Waals surface area contributed by atoms with Crippen LogP contribution in [-0.4, -0.2) is 37.7 Å². The molecule has 8 heteroatoms. The highest BCUT2D eigenvalue weighted by molar-refractivity contribution is 7.85. The summed E-state index contributed by atoms with van der Waals surface area (Å²) in [4.78, 5) is 20.3. The van der Waals surface area contributed by atoms with Crippen LogP contribution in [0, 0.1) is 0 Å². The van der Waals surface area contributed by atoms with Crippen molar-refractivity contribution in [3.8, 4) is 0 Å². The molecule has 0 heterocycles. The normalized spacial score (nSPS) is 9.64. The Morgan fingerprint density at radius 2 is 1.79 bits per heavy atom. The maximum Gasteiger partial charge on any atom is 0.315 e. The van der Waals surface area contributed by atoms with Gasteiger partial charge in [-0.2, -0.15) is 8.42 Å². The Morgan fingerprint density at radius 3 is 2.00 bits per heavy atom. The van der Waals surface area contributed by atoms with Gasteiger partial charge in [0.2, 0.25) is 5.91 Å². The van der Waals surface area contributed by atoms with Crippen LogP contribution in [0.25, 0.3) is 0 Å². The summed E-state index contributed by atoms with van der Waals surface area (Å²) in [5, 5.41) is 0. The second kappa shape index (κ2) is 7.27. The van der Waals surface area contributed by atoms with Gasteiger partial charge in [0, 0.05) is 0 Å². The van der Waals surface area contributed by atoms with E-state index in [1.807, 2.05) is 0 Å². The van der Waals surface area contributed by atoms with Gasteiger partial charge in [-0.1, -0.05) is 0 Å². The largest absolute Gasteiger partial charge is 0.466 e. The van der Waals surface area contributed by atoms with E-state index >= 15 is 0 Å². The topological polar surface area (TPSA) is 124 Å². The minimum absolute atomic E-state index is 0.284. The van der Waals surface area contributed by atoms with E-state index < -0.39 is 22.0 Å². The summed E-state index contributed by atoms with van der Waals surface area (Å²) in [6.07, 6.45) is 0.390. The van der Waals surface area contributed by atoms with E-state index in [1.54, 1.807) is 6.92 Å². The minimum atomic E-state index is -3.67. The lowest BCUT2D eigenvalue weighted by molar-refractivity contribution is -0.145. The van der Waals surface area contributed by atoms with Gasteiger partial charge in [0.25, 0.3) is 10.1 Å². The molecular weight excluding hydrogens is 214 g/mol. The van der Waals surface area contributed by atoms with Crippen LogP contribution in [-0.2, 0) is 24.4 Å². The summed E-state index contributed by atoms with van der Waals surface area (Å²) in [5.41, 5.74) is 4.68. The van der Waals surface area contributed by atoms with Gasteiger partial charge in [-0.05, 0) is 6.92 Å². The summed E-state index contributed by atoms with van der Waals surface area (Å²) in [6.45, 7) is 1.95. The maximum atomic E-state index is 10.3. The number of carbonyl (C=O) groups is 2. The van der Waals surface area contributed by atoms with Crippen LogP contribution >= 0.6 is 0 Å². The van der Waals surface area contributed by atoms with Gasteiger partial charge in [0.05, 0.1) is 12.9 Å². The molecule has 0 saturated carbocycles. The van der Waals surface area contributed by atoms with Crippen molar-refractivity contribution in [1.29, 1.82) is 0 Å². The first-order chi connectivity index (χ1) is 6.16. The number of hydrogen-bond donors (Lipinski definition) is 2. The van der Waals surface area contributed by atoms with Crippen LogP contribution in [0.2, 0.25) is 0 Å². The van der Waals surface area contributed by atoms with E-state index in [0.29, 0.717) is 6.26 Å². The van der Waals surface area contributed by atoms with Crippen LogP contribution in [0.4, 0.5) is 0 Å². The molecule has 0 fully saturated rings. The SMILES string of the molecule is CCOC(=O)CC(N)=O.CS(=O)(=O)O. The molecular formula is C6H13NO6S. The molecule has 0 aromatic rings. The first-order valence-electron chi connectivity index (χ1n) is 3.53. The average Bonchev–Trinajstić information content (AvgIpc) is 1.80. The van der Waals surface area contributed by atoms with Crippen LogP contribution in [0.15, 0.2) is 0 Å². The number of carbonyl (C=O) groups excluding carboxylic acids is 2. The molecule has 0 aromatic carbocycles. The lowest BCUT2D eigenvalue weighted by Gasteiger charge is -1.95. The van der Waals surface area contributed by atoms with Crippen molar-refractivity contribution >= 4 is 22.0 Å². The highest BCUT2D eigenvalue weighted by atomic mass is 32.2. The van der Waals surface area contributed by atoms with Crippen molar-refractivity contribution in [2.24, 2.45) is 5.73 Å². The van der Waals surface area contributed by atoms with Crippen molar-refractivity contribution in [1.82, 2.24) is 0 Å². The molecule has 0 spiro atoms. The predicted octanol–water partition coefficient (Wildman–Crippen LogP) is -1.07. The Labute approximate surface area is 82.0 Å². The van der Waals surface area contributed by atoms with Gasteiger partial charge >= 0.3 is 5.97 Å². The molecule has 3 N–H and O–H groups in total. The van der Waals surface area contributed by atoms with E-state index in [4.69, 9.17) is 4.55 Å². The van der Waals surface area contributed by atoms with Crippen molar-refractivity contribution in [3.63, 3.8) is 0 Å². The fourth-order valence-corrected chi connectivity index (χ4v) is 0.354. The molecule has 0 aliphatic rings. The molecule has 14 heavy (non-hydrogen) atoms. The van der Waals surface area contributed by atoms with Gasteiger partial charge < -0.3 is 10.5 Å². The number of ether oxygens (including phenoxy) is 1. The lowest BCUT2D eigenvalue weighted by Crippen LogP contribution is -2.17. The average molecular weight is 227 g/mol. The van der Waals surface area contributed by atoms with Crippen molar-refractivity contribution in [2.45, 2.75) is 13.3 Å². The van der Waals surface area contributed by atoms with Crippen molar-refractivity contribution < 1.29 is 27.3 Å². The third-order valence-electron chi connectivity index (χ3n) is 0.624. The predicted molar refractivity (Wildman–Crippen MR) is 47.9 cm³/mol. The van der Waals surface area contributed by atoms with E-state index in [9.17, 15) is 18.0 Å². The molecule has 0 aliphatic heterocycles. The number of hydrogen-bond acceptors (Lipinski definition) is 5. The third-order valence-corrected chi connectivity index (χ3v) is 0.624. The molecule has 0 radical (unpaired) electrons. The van der Waals surface area contributed by atoms with Gasteiger partial charge in [-0.15, -0.1) is 0 Å². The molecule has 7 nitrogen and oxygen atoms in total. The summed E-state index contributed by atoms with van der Waals surface area (Å²) in [5.74, 6) is -1.22. The quantitative estimate of drug-likeness (QED) is 0.359. The van der Waals surface area contributed by atoms with Gasteiger partial charge in [0.1, 0.15) is 6.42 Å². The fraction of sp³-hybridized carbons (Fsp3) is 0.667. The zero-order valence-electron chi connectivity index (χ0n) is 7.89. The Morgan fingerprint density at radius 1 is 1.43 bits per heavy atom. The lowest BCUT2D eigenvalue weighted by atomic mass is 10.4. The summed E-state index contributed by atoms with van der Waals surface area (Å²) < 4.78 is 30.3. The Balaban J connectivity index is 0. The van der Waals surface area contributed by atoms with Gasteiger partial charge in [0.15, 0.2) is 0 Å². The fourth-order valence-electron chi connectivity index (χ4n) is 0.354. The standard InChI is InChI=1S/C5H9NO3.CH4O3S/c1-2-9-5(8)3-4(6)7;1-5(2,3)4/h2-3H2,1H3,(H2,6,7);1H3,(H,2,3,4). The number of nitrogens with two attached hydrogens (primary N) is 1. The van der Waals surface area contributed by atoms with Crippen LogP contribution in [0.3, 0.4) is 0 Å². The molecule has 0 rings (SSSR count). The molecule has 0 aliphatic carbocycles. The summed E-state index contributed by atoms with van der Waals surface area (Å²) in [6, 6.07) is 0. The zero-order valence-corrected chi connectivity index (χ0v) is 8.70. The molecule has 0 saturated heterocycles. The molecule has 0 unspecified atom stereocenters. The second-order valence-corrected chi connectivity index (χ2v) is 3.65. The Hall–Kier alpha value is -1.15. The van der Waals surface area contributed by atoms with E-state index in [-0.39, 0.29) is 13.0 Å². The number of rotatable bonds is 3. The number of amides is 1. The highest BCUT2D eigenvalue weighted by Gasteiger charge is 2.04. The first kappa shape index (κ1) is 15.3. The summed E-state index contributed by atoms with van der Waals surface area (Å²) in [7, 11) is -3.67. The summed E-state index contributed by atoms with van der Waals surface area (Å²) >= 11 is 0.